The van der Waals surface area contributed by atoms with E-state index in [1.165, 1.54) is 0 Å². The third-order valence-corrected chi connectivity index (χ3v) is 0. The van der Waals surface area contributed by atoms with E-state index >= 15 is 0 Å². The summed E-state index contributed by atoms with van der Waals surface area (Å²) >= 11 is 0. The maximum atomic E-state index is 4.00. The largest absolute Gasteiger partial charge is 0.358 e. The molecular weight excluding hydrogens is 306 g/mol. The Morgan fingerprint density at radius 3 is 1.00 bits per heavy atom. The average molecular weight is 309 g/mol. The summed E-state index contributed by atoms with van der Waals surface area (Å²) in [6, 6.07) is 0. The molecule has 0 unspecified atom stereocenters. The summed E-state index contributed by atoms with van der Waals surface area (Å²) in [4.78, 5) is 0. The molecule has 0 aromatic carbocycles. The summed E-state index contributed by atoms with van der Waals surface area (Å²) in [7, 11) is 8.00. The van der Waals surface area contributed by atoms with Crippen molar-refractivity contribution in [3.05, 3.63) is 7.43 Å². The molecule has 4 heteroatoms. The Morgan fingerprint density at radius 2 is 1.00 bits per heavy atom. The molecule has 5 heavy (non-hydrogen) atoms. The SMILES string of the molecule is [B][B].[CH3-].[W].[Y]. The molecule has 23 valence electrons. The molecule has 0 aliphatic rings. The minimum atomic E-state index is 0. The summed E-state index contributed by atoms with van der Waals surface area (Å²) < 4.78 is 0. The average Bonchev–Trinajstić information content (AvgIpc) is 1.00. The van der Waals surface area contributed by atoms with Gasteiger partial charge in [-0.3, -0.25) is 0 Å². The van der Waals surface area contributed by atoms with Crippen LogP contribution in [0.25, 0.3) is 0 Å². The summed E-state index contributed by atoms with van der Waals surface area (Å²) in [5.74, 6) is 0. The topological polar surface area (TPSA) is 0 Å². The quantitative estimate of drug-likeness (QED) is 0.425. The van der Waals surface area contributed by atoms with E-state index in [-0.39, 0.29) is 61.2 Å². The van der Waals surface area contributed by atoms with Crippen molar-refractivity contribution < 1.29 is 53.8 Å². The first-order chi connectivity index (χ1) is 1.00. The van der Waals surface area contributed by atoms with Gasteiger partial charge in [-0.25, -0.2) is 0 Å². The second kappa shape index (κ2) is 38.8. The third kappa shape index (κ3) is 24.7. The van der Waals surface area contributed by atoms with Gasteiger partial charge in [0.15, 0.2) is 0 Å². The standard InChI is InChI=1S/CH3.B2.W.Y/c;1-2;;/h1H3;;;/q-1;;;. The van der Waals surface area contributed by atoms with Gasteiger partial charge in [0, 0.05) is 69.2 Å². The van der Waals surface area contributed by atoms with E-state index in [0.29, 0.717) is 0 Å². The molecule has 0 amide bonds. The first kappa shape index (κ1) is 28.4. The molecule has 0 rings (SSSR count). The molecule has 0 heterocycles. The molecule has 0 saturated heterocycles. The fourth-order valence-electron chi connectivity index (χ4n) is 0. The molecule has 0 fully saturated rings. The van der Waals surface area contributed by atoms with E-state index < -0.39 is 0 Å². The van der Waals surface area contributed by atoms with Gasteiger partial charge in [-0.1, -0.05) is 0 Å². The monoisotopic (exact) mass is 310 g/mol. The van der Waals surface area contributed by atoms with Crippen molar-refractivity contribution in [2.75, 3.05) is 0 Å². The molecule has 0 nitrogen and oxygen atoms in total. The number of hydrogen-bond acceptors (Lipinski definition) is 0. The maximum Gasteiger partial charge on any atom is 0 e. The second-order valence-electron chi connectivity index (χ2n) is 0. The predicted molar refractivity (Wildman–Crippen MR) is 17.9 cm³/mol. The van der Waals surface area contributed by atoms with Gasteiger partial charge in [-0.2, -0.15) is 0 Å². The Bertz CT molecular complexity index is 9.61. The molecule has 0 aromatic heterocycles. The van der Waals surface area contributed by atoms with Crippen molar-refractivity contribution >= 4 is 15.5 Å². The molecule has 0 atom stereocenters. The van der Waals surface area contributed by atoms with Gasteiger partial charge >= 0.3 is 0 Å². The van der Waals surface area contributed by atoms with Crippen LogP contribution in [0, 0.1) is 7.43 Å². The van der Waals surface area contributed by atoms with Crippen molar-refractivity contribution in [3.63, 3.8) is 0 Å². The maximum absolute atomic E-state index is 4.00. The fourth-order valence-corrected chi connectivity index (χ4v) is 0. The summed E-state index contributed by atoms with van der Waals surface area (Å²) in [5, 5.41) is 0. The summed E-state index contributed by atoms with van der Waals surface area (Å²) in [5.41, 5.74) is 0. The molecule has 0 aliphatic carbocycles. The van der Waals surface area contributed by atoms with Gasteiger partial charge in [0.1, 0.15) is 0 Å². The van der Waals surface area contributed by atoms with Gasteiger partial charge in [-0.15, -0.1) is 0 Å². The molecule has 0 N–H and O–H groups in total. The van der Waals surface area contributed by atoms with Crippen molar-refractivity contribution in [1.82, 2.24) is 0 Å². The Kier molecular flexibility index (Phi) is 221. The van der Waals surface area contributed by atoms with Crippen molar-refractivity contribution in [2.24, 2.45) is 0 Å². The third-order valence-electron chi connectivity index (χ3n) is 0. The van der Waals surface area contributed by atoms with E-state index in [2.05, 4.69) is 15.5 Å². The van der Waals surface area contributed by atoms with Crippen LogP contribution in [0.5, 0.6) is 0 Å². The second-order valence-corrected chi connectivity index (χ2v) is 0. The first-order valence-corrected chi connectivity index (χ1v) is 0.333. The number of hydrogen-bond donors (Lipinski definition) is 0. The Labute approximate surface area is 75.8 Å². The molecular formula is CH3B2WY-. The van der Waals surface area contributed by atoms with Crippen LogP contribution in [-0.2, 0) is 53.8 Å². The molecule has 0 aliphatic heterocycles. The first-order valence-electron chi connectivity index (χ1n) is 0.333. The van der Waals surface area contributed by atoms with E-state index in [4.69, 9.17) is 0 Å². The fraction of sp³-hybridized carbons (Fsp3) is 0. The summed E-state index contributed by atoms with van der Waals surface area (Å²) in [6.07, 6.45) is 0. The Hall–Kier alpha value is 1.92. The van der Waals surface area contributed by atoms with Gasteiger partial charge in [0.05, 0.1) is 0 Å². The molecule has 0 aromatic rings. The van der Waals surface area contributed by atoms with Crippen LogP contribution in [-0.4, -0.2) is 15.5 Å². The van der Waals surface area contributed by atoms with E-state index in [1.54, 1.807) is 0 Å². The zero-order valence-electron chi connectivity index (χ0n) is 3.14. The zero-order valence-corrected chi connectivity index (χ0v) is 8.91. The number of rotatable bonds is 0. The van der Waals surface area contributed by atoms with Gasteiger partial charge in [0.25, 0.3) is 0 Å². The van der Waals surface area contributed by atoms with Crippen LogP contribution >= 0.6 is 0 Å². The van der Waals surface area contributed by atoms with Crippen LogP contribution in [0.2, 0.25) is 0 Å². The molecule has 0 spiro atoms. The van der Waals surface area contributed by atoms with Crippen molar-refractivity contribution in [3.8, 4) is 0 Å². The van der Waals surface area contributed by atoms with E-state index in [0.717, 1.165) is 0 Å². The van der Waals surface area contributed by atoms with Gasteiger partial charge in [-0.05, 0) is 0 Å². The molecule has 5 radical (unpaired) electrons. The molecule has 0 bridgehead atoms. The summed E-state index contributed by atoms with van der Waals surface area (Å²) in [6.45, 7) is 0. The minimum absolute atomic E-state index is 0. The van der Waals surface area contributed by atoms with Crippen molar-refractivity contribution in [2.45, 2.75) is 0 Å². The van der Waals surface area contributed by atoms with Gasteiger partial charge in [0.2, 0.25) is 0 Å². The predicted octanol–water partition coefficient (Wildman–Crippen LogP) is -0.316. The van der Waals surface area contributed by atoms with Gasteiger partial charge < -0.3 is 7.43 Å². The Balaban J connectivity index is -0.00000000167. The van der Waals surface area contributed by atoms with Crippen LogP contribution in [0.4, 0.5) is 0 Å². The van der Waals surface area contributed by atoms with Crippen molar-refractivity contribution in [1.29, 1.82) is 0 Å². The normalized spacial score (nSPS) is 0.800. The zero-order chi connectivity index (χ0) is 2.00. The Morgan fingerprint density at radius 1 is 1.00 bits per heavy atom. The minimum Gasteiger partial charge on any atom is -0.358 e. The van der Waals surface area contributed by atoms with Crippen LogP contribution in [0.15, 0.2) is 0 Å². The van der Waals surface area contributed by atoms with E-state index in [9.17, 15) is 0 Å². The smallest absolute Gasteiger partial charge is 0 e. The van der Waals surface area contributed by atoms with Crippen LogP contribution in [0.1, 0.15) is 0 Å². The van der Waals surface area contributed by atoms with Crippen LogP contribution in [0.3, 0.4) is 0 Å². The molecule has 0 saturated carbocycles. The van der Waals surface area contributed by atoms with Crippen LogP contribution < -0.4 is 0 Å². The van der Waals surface area contributed by atoms with E-state index in [1.807, 2.05) is 0 Å².